The molecule has 3 aromatic rings. The summed E-state index contributed by atoms with van der Waals surface area (Å²) in [4.78, 5) is 15.4. The summed E-state index contributed by atoms with van der Waals surface area (Å²) in [6.45, 7) is 0.312. The maximum Gasteiger partial charge on any atom is 0.254 e. The summed E-state index contributed by atoms with van der Waals surface area (Å²) in [6, 6.07) is 9.58. The van der Waals surface area contributed by atoms with Crippen LogP contribution >= 0.6 is 0 Å². The molecule has 0 bridgehead atoms. The highest BCUT2D eigenvalue weighted by Gasteiger charge is 2.46. The van der Waals surface area contributed by atoms with Gasteiger partial charge in [-0.05, 0) is 36.6 Å². The minimum Gasteiger partial charge on any atom is -0.361 e. The van der Waals surface area contributed by atoms with E-state index in [2.05, 4.69) is 10.3 Å². The monoisotopic (exact) mass is 344 g/mol. The number of nitrogens with one attached hydrogen (secondary N) is 2. The lowest BCUT2D eigenvalue weighted by Gasteiger charge is -2.16. The Morgan fingerprint density at radius 3 is 2.60 bits per heavy atom. The summed E-state index contributed by atoms with van der Waals surface area (Å²) in [6.07, 6.45) is 3.73. The Hall–Kier alpha value is -2.76. The van der Waals surface area contributed by atoms with Gasteiger partial charge in [0, 0.05) is 29.1 Å². The Morgan fingerprint density at radius 1 is 1.08 bits per heavy atom. The van der Waals surface area contributed by atoms with Crippen LogP contribution in [0, 0.1) is 17.5 Å². The Balaban J connectivity index is 1.55. The van der Waals surface area contributed by atoms with Gasteiger partial charge in [0.25, 0.3) is 5.91 Å². The number of carbonyl (C=O) groups excluding carboxylic acids is 1. The van der Waals surface area contributed by atoms with Crippen LogP contribution in [-0.2, 0) is 5.41 Å². The number of aromatic nitrogens is 1. The molecule has 1 aromatic heterocycles. The lowest BCUT2D eigenvalue weighted by molar-refractivity contribution is 0.0944. The number of H-pyrrole nitrogens is 1. The van der Waals surface area contributed by atoms with Gasteiger partial charge in [0.1, 0.15) is 0 Å². The first-order valence-electron chi connectivity index (χ1n) is 8.00. The molecule has 0 aliphatic heterocycles. The summed E-state index contributed by atoms with van der Waals surface area (Å²) >= 11 is 0. The molecular weight excluding hydrogens is 329 g/mol. The van der Waals surface area contributed by atoms with Crippen molar-refractivity contribution in [1.82, 2.24) is 10.3 Å². The van der Waals surface area contributed by atoms with Gasteiger partial charge >= 0.3 is 0 Å². The highest BCUT2D eigenvalue weighted by molar-refractivity contribution is 5.94. The largest absolute Gasteiger partial charge is 0.361 e. The SMILES string of the molecule is O=C(NCC1(c2c[nH]c3ccccc23)CC1)c1ccc(F)c(F)c1F. The Morgan fingerprint density at radius 2 is 1.84 bits per heavy atom. The van der Waals surface area contributed by atoms with Gasteiger partial charge in [0.15, 0.2) is 17.5 Å². The predicted octanol–water partition coefficient (Wildman–Crippen LogP) is 4.05. The summed E-state index contributed by atoms with van der Waals surface area (Å²) in [5, 5.41) is 3.75. The summed E-state index contributed by atoms with van der Waals surface area (Å²) in [7, 11) is 0. The smallest absolute Gasteiger partial charge is 0.254 e. The van der Waals surface area contributed by atoms with Crippen LogP contribution in [0.25, 0.3) is 10.9 Å². The van der Waals surface area contributed by atoms with E-state index in [1.54, 1.807) is 0 Å². The molecule has 4 rings (SSSR count). The molecule has 2 aromatic carbocycles. The van der Waals surface area contributed by atoms with Crippen LogP contribution in [-0.4, -0.2) is 17.4 Å². The third kappa shape index (κ3) is 2.58. The standard InChI is InChI=1S/C19H15F3N2O/c20-14-6-5-12(16(21)17(14)22)18(25)24-10-19(7-8-19)13-9-23-15-4-2-1-3-11(13)15/h1-6,9,23H,7-8,10H2,(H,24,25). The Labute approximate surface area is 141 Å². The number of para-hydroxylation sites is 1. The second-order valence-electron chi connectivity index (χ2n) is 6.43. The molecule has 0 radical (unpaired) electrons. The number of halogens is 3. The Kier molecular flexibility index (Phi) is 3.56. The average Bonchev–Trinajstić information content (AvgIpc) is 3.28. The van der Waals surface area contributed by atoms with E-state index >= 15 is 0 Å². The molecule has 25 heavy (non-hydrogen) atoms. The number of hydrogen-bond donors (Lipinski definition) is 2. The fourth-order valence-corrected chi connectivity index (χ4v) is 3.25. The first-order chi connectivity index (χ1) is 12.0. The number of aromatic amines is 1. The molecule has 1 fully saturated rings. The number of amides is 1. The van der Waals surface area contributed by atoms with Crippen molar-refractivity contribution in [2.24, 2.45) is 0 Å². The molecule has 2 N–H and O–H groups in total. The molecular formula is C19H15F3N2O. The number of benzene rings is 2. The highest BCUT2D eigenvalue weighted by Crippen LogP contribution is 2.49. The van der Waals surface area contributed by atoms with Crippen LogP contribution in [0.15, 0.2) is 42.6 Å². The number of fused-ring (bicyclic) bond motifs is 1. The maximum absolute atomic E-state index is 13.7. The average molecular weight is 344 g/mol. The van der Waals surface area contributed by atoms with Gasteiger partial charge in [-0.3, -0.25) is 4.79 Å². The number of rotatable bonds is 4. The quantitative estimate of drug-likeness (QED) is 0.689. The third-order valence-corrected chi connectivity index (χ3v) is 4.88. The molecule has 128 valence electrons. The zero-order valence-corrected chi connectivity index (χ0v) is 13.2. The van der Waals surface area contributed by atoms with Crippen molar-refractivity contribution < 1.29 is 18.0 Å². The zero-order chi connectivity index (χ0) is 17.6. The van der Waals surface area contributed by atoms with Crippen molar-refractivity contribution in [3.8, 4) is 0 Å². The van der Waals surface area contributed by atoms with Gasteiger partial charge in [-0.25, -0.2) is 13.2 Å². The zero-order valence-electron chi connectivity index (χ0n) is 13.2. The van der Waals surface area contributed by atoms with Gasteiger partial charge in [-0.2, -0.15) is 0 Å². The highest BCUT2D eigenvalue weighted by atomic mass is 19.2. The molecule has 6 heteroatoms. The first kappa shape index (κ1) is 15.7. The fourth-order valence-electron chi connectivity index (χ4n) is 3.25. The molecule has 0 saturated heterocycles. The molecule has 0 spiro atoms. The first-order valence-corrected chi connectivity index (χ1v) is 8.00. The van der Waals surface area contributed by atoms with Gasteiger partial charge < -0.3 is 10.3 Å². The van der Waals surface area contributed by atoms with Crippen LogP contribution < -0.4 is 5.32 Å². The molecule has 1 aliphatic carbocycles. The van der Waals surface area contributed by atoms with Crippen molar-refractivity contribution in [2.75, 3.05) is 6.54 Å². The van der Waals surface area contributed by atoms with E-state index in [9.17, 15) is 18.0 Å². The lowest BCUT2D eigenvalue weighted by Crippen LogP contribution is -2.32. The minimum absolute atomic E-state index is 0.204. The van der Waals surface area contributed by atoms with Crippen molar-refractivity contribution >= 4 is 16.8 Å². The predicted molar refractivity (Wildman–Crippen MR) is 87.9 cm³/mol. The second kappa shape index (κ2) is 5.65. The van der Waals surface area contributed by atoms with Crippen LogP contribution in [0.3, 0.4) is 0 Å². The fraction of sp³-hybridized carbons (Fsp3) is 0.211. The maximum atomic E-state index is 13.7. The molecule has 0 unspecified atom stereocenters. The summed E-state index contributed by atoms with van der Waals surface area (Å²) < 4.78 is 40.0. The van der Waals surface area contributed by atoms with Crippen LogP contribution in [0.4, 0.5) is 13.2 Å². The molecule has 0 atom stereocenters. The van der Waals surface area contributed by atoms with E-state index in [0.717, 1.165) is 41.4 Å². The van der Waals surface area contributed by atoms with Gasteiger partial charge in [0.05, 0.1) is 5.56 Å². The van der Waals surface area contributed by atoms with E-state index in [1.165, 1.54) is 0 Å². The van der Waals surface area contributed by atoms with E-state index in [0.29, 0.717) is 6.54 Å². The van der Waals surface area contributed by atoms with Crippen LogP contribution in [0.1, 0.15) is 28.8 Å². The van der Waals surface area contributed by atoms with Crippen molar-refractivity contribution in [3.63, 3.8) is 0 Å². The number of hydrogen-bond acceptors (Lipinski definition) is 1. The van der Waals surface area contributed by atoms with E-state index < -0.39 is 28.9 Å². The summed E-state index contributed by atoms with van der Waals surface area (Å²) in [5.74, 6) is -5.16. The van der Waals surface area contributed by atoms with Crippen LogP contribution in [0.2, 0.25) is 0 Å². The molecule has 1 heterocycles. The molecule has 3 nitrogen and oxygen atoms in total. The van der Waals surface area contributed by atoms with Gasteiger partial charge in [-0.15, -0.1) is 0 Å². The van der Waals surface area contributed by atoms with Gasteiger partial charge in [0.2, 0.25) is 0 Å². The van der Waals surface area contributed by atoms with Crippen molar-refractivity contribution in [3.05, 3.63) is 71.2 Å². The summed E-state index contributed by atoms with van der Waals surface area (Å²) in [5.41, 5.74) is 1.43. The number of carbonyl (C=O) groups is 1. The van der Waals surface area contributed by atoms with E-state index in [4.69, 9.17) is 0 Å². The molecule has 1 amide bonds. The second-order valence-corrected chi connectivity index (χ2v) is 6.43. The Bertz CT molecular complexity index is 976. The lowest BCUT2D eigenvalue weighted by atomic mass is 9.95. The van der Waals surface area contributed by atoms with Crippen LogP contribution in [0.5, 0.6) is 0 Å². The third-order valence-electron chi connectivity index (χ3n) is 4.88. The van der Waals surface area contributed by atoms with E-state index in [-0.39, 0.29) is 5.41 Å². The normalized spacial score (nSPS) is 15.3. The van der Waals surface area contributed by atoms with Crippen molar-refractivity contribution in [1.29, 1.82) is 0 Å². The van der Waals surface area contributed by atoms with Crippen molar-refractivity contribution in [2.45, 2.75) is 18.3 Å². The molecule has 1 aliphatic rings. The topological polar surface area (TPSA) is 44.9 Å². The van der Waals surface area contributed by atoms with Gasteiger partial charge in [-0.1, -0.05) is 18.2 Å². The molecule has 1 saturated carbocycles. The minimum atomic E-state index is -1.63. The van der Waals surface area contributed by atoms with E-state index in [1.807, 2.05) is 30.5 Å².